The van der Waals surface area contributed by atoms with Crippen LogP contribution in [0, 0.1) is 5.92 Å². The molecule has 1 N–H and O–H groups in total. The average Bonchev–Trinajstić information content (AvgIpc) is 2.90. The number of ether oxygens (including phenoxy) is 1. The van der Waals surface area contributed by atoms with Gasteiger partial charge in [0.05, 0.1) is 11.7 Å². The average molecular weight is 527 g/mol. The number of pyridine rings is 1. The molecule has 0 spiro atoms. The van der Waals surface area contributed by atoms with Crippen molar-refractivity contribution in [3.05, 3.63) is 45.8 Å². The van der Waals surface area contributed by atoms with Gasteiger partial charge in [0, 0.05) is 57.6 Å². The van der Waals surface area contributed by atoms with Crippen LogP contribution in [-0.4, -0.2) is 64.9 Å². The summed E-state index contributed by atoms with van der Waals surface area (Å²) in [7, 11) is 5.22. The van der Waals surface area contributed by atoms with Crippen molar-refractivity contribution >= 4 is 51.6 Å². The summed E-state index contributed by atoms with van der Waals surface area (Å²) in [5, 5.41) is 4.36. The molecule has 1 fully saturated rings. The summed E-state index contributed by atoms with van der Waals surface area (Å²) in [6, 6.07) is 7.15. The zero-order chi connectivity index (χ0) is 26.7. The molecule has 11 heteroatoms. The normalized spacial score (nSPS) is 14.0. The number of carbonyl (C=O) groups is 2. The van der Waals surface area contributed by atoms with Gasteiger partial charge in [0.2, 0.25) is 11.9 Å². The van der Waals surface area contributed by atoms with E-state index in [1.807, 2.05) is 18.2 Å². The Kier molecular flexibility index (Phi) is 7.97. The summed E-state index contributed by atoms with van der Waals surface area (Å²) >= 11 is 6.41. The van der Waals surface area contributed by atoms with Crippen molar-refractivity contribution in [1.29, 1.82) is 0 Å². The van der Waals surface area contributed by atoms with Crippen LogP contribution in [0.1, 0.15) is 26.2 Å². The first-order chi connectivity index (χ1) is 17.7. The molecular formula is C26H31ClN6O4. The fourth-order valence-electron chi connectivity index (χ4n) is 4.32. The Morgan fingerprint density at radius 3 is 2.62 bits per heavy atom. The van der Waals surface area contributed by atoms with E-state index in [-0.39, 0.29) is 35.5 Å². The molecule has 1 aromatic carbocycles. The maximum atomic E-state index is 12.6. The van der Waals surface area contributed by atoms with Gasteiger partial charge in [0.1, 0.15) is 11.6 Å². The molecule has 0 saturated carbocycles. The molecule has 1 saturated heterocycles. The molecule has 1 aliphatic heterocycles. The van der Waals surface area contributed by atoms with Crippen LogP contribution >= 0.6 is 11.6 Å². The van der Waals surface area contributed by atoms with Crippen molar-refractivity contribution in [3.63, 3.8) is 0 Å². The van der Waals surface area contributed by atoms with Gasteiger partial charge in [-0.3, -0.25) is 14.4 Å². The van der Waals surface area contributed by atoms with Gasteiger partial charge in [-0.1, -0.05) is 18.5 Å². The summed E-state index contributed by atoms with van der Waals surface area (Å²) < 4.78 is 6.99. The van der Waals surface area contributed by atoms with Gasteiger partial charge in [0.25, 0.3) is 5.56 Å². The summed E-state index contributed by atoms with van der Waals surface area (Å²) in [6.07, 6.45) is 3.38. The lowest BCUT2D eigenvalue weighted by Crippen LogP contribution is -2.40. The van der Waals surface area contributed by atoms with Gasteiger partial charge in [-0.2, -0.15) is 4.98 Å². The Bertz CT molecular complexity index is 1380. The summed E-state index contributed by atoms with van der Waals surface area (Å²) in [5.41, 5.74) is 1.12. The molecule has 1 aliphatic rings. The second-order valence-corrected chi connectivity index (χ2v) is 9.72. The molecule has 1 amide bonds. The third kappa shape index (κ3) is 5.85. The SMILES string of the molecule is CCC(=O)COc1cc2cc(Nc3nc(N4CCC(C(=O)N(C)C)CC4)ncc3Cl)ccc2n(C)c1=O. The van der Waals surface area contributed by atoms with Crippen LogP contribution in [0.2, 0.25) is 5.02 Å². The van der Waals surface area contributed by atoms with Crippen molar-refractivity contribution in [3.8, 4) is 5.75 Å². The molecule has 2 aromatic heterocycles. The number of nitrogens with one attached hydrogen (secondary N) is 1. The largest absolute Gasteiger partial charge is 0.480 e. The topological polar surface area (TPSA) is 110 Å². The van der Waals surface area contributed by atoms with Crippen LogP contribution in [0.5, 0.6) is 5.75 Å². The number of aromatic nitrogens is 3. The van der Waals surface area contributed by atoms with E-state index < -0.39 is 0 Å². The first-order valence-electron chi connectivity index (χ1n) is 12.2. The Morgan fingerprint density at radius 2 is 1.95 bits per heavy atom. The number of hydrogen-bond acceptors (Lipinski definition) is 8. The van der Waals surface area contributed by atoms with Gasteiger partial charge >= 0.3 is 0 Å². The number of Topliss-reactive ketones (excluding diaryl/α,β-unsaturated/α-hetero) is 1. The number of halogens is 1. The number of rotatable bonds is 8. The van der Waals surface area contributed by atoms with Crippen molar-refractivity contribution in [2.45, 2.75) is 26.2 Å². The fourth-order valence-corrected chi connectivity index (χ4v) is 4.46. The van der Waals surface area contributed by atoms with Crippen molar-refractivity contribution in [2.75, 3.05) is 44.0 Å². The molecule has 0 atom stereocenters. The highest BCUT2D eigenvalue weighted by Crippen LogP contribution is 2.29. The lowest BCUT2D eigenvalue weighted by molar-refractivity contribution is -0.133. The number of nitrogens with zero attached hydrogens (tertiary/aromatic N) is 5. The van der Waals surface area contributed by atoms with E-state index >= 15 is 0 Å². The number of amides is 1. The van der Waals surface area contributed by atoms with Gasteiger partial charge in [-0.25, -0.2) is 4.98 Å². The number of carbonyl (C=O) groups excluding carboxylic acids is 2. The number of benzene rings is 1. The van der Waals surface area contributed by atoms with Crippen LogP contribution in [0.25, 0.3) is 10.9 Å². The van der Waals surface area contributed by atoms with E-state index in [4.69, 9.17) is 16.3 Å². The number of ketones is 1. The van der Waals surface area contributed by atoms with E-state index in [0.717, 1.165) is 18.2 Å². The third-order valence-corrected chi connectivity index (χ3v) is 6.81. The van der Waals surface area contributed by atoms with Gasteiger partial charge in [-0.15, -0.1) is 0 Å². The minimum Gasteiger partial charge on any atom is -0.480 e. The highest BCUT2D eigenvalue weighted by atomic mass is 35.5. The Labute approximate surface area is 220 Å². The molecule has 37 heavy (non-hydrogen) atoms. The first kappa shape index (κ1) is 26.4. The number of aryl methyl sites for hydroxylation is 1. The third-order valence-electron chi connectivity index (χ3n) is 6.54. The Hall–Kier alpha value is -3.66. The van der Waals surface area contributed by atoms with Crippen LogP contribution < -0.4 is 20.5 Å². The minimum absolute atomic E-state index is 0.0127. The van der Waals surface area contributed by atoms with Crippen molar-refractivity contribution in [1.82, 2.24) is 19.4 Å². The van der Waals surface area contributed by atoms with Gasteiger partial charge in [0.15, 0.2) is 17.4 Å². The predicted molar refractivity (Wildman–Crippen MR) is 144 cm³/mol. The molecule has 0 bridgehead atoms. The van der Waals surface area contributed by atoms with E-state index in [0.29, 0.717) is 47.5 Å². The molecule has 196 valence electrons. The molecule has 3 aromatic rings. The second kappa shape index (κ2) is 11.2. The van der Waals surface area contributed by atoms with E-state index in [9.17, 15) is 14.4 Å². The smallest absolute Gasteiger partial charge is 0.293 e. The Balaban J connectivity index is 1.54. The molecule has 0 unspecified atom stereocenters. The number of anilines is 3. The van der Waals surface area contributed by atoms with E-state index in [2.05, 4.69) is 20.2 Å². The molecular weight excluding hydrogens is 496 g/mol. The van der Waals surface area contributed by atoms with E-state index in [1.54, 1.807) is 45.2 Å². The van der Waals surface area contributed by atoms with Crippen LogP contribution in [0.3, 0.4) is 0 Å². The monoisotopic (exact) mass is 526 g/mol. The highest BCUT2D eigenvalue weighted by Gasteiger charge is 2.27. The lowest BCUT2D eigenvalue weighted by atomic mass is 9.96. The lowest BCUT2D eigenvalue weighted by Gasteiger charge is -2.32. The molecule has 3 heterocycles. The zero-order valence-electron chi connectivity index (χ0n) is 21.5. The highest BCUT2D eigenvalue weighted by molar-refractivity contribution is 6.32. The summed E-state index contributed by atoms with van der Waals surface area (Å²) in [5.74, 6) is 1.19. The number of piperidine rings is 1. The minimum atomic E-state index is -0.309. The van der Waals surface area contributed by atoms with Gasteiger partial charge < -0.3 is 24.4 Å². The molecule has 0 aliphatic carbocycles. The number of hydrogen-bond donors (Lipinski definition) is 1. The van der Waals surface area contributed by atoms with E-state index in [1.165, 1.54) is 4.57 Å². The first-order valence-corrected chi connectivity index (χ1v) is 12.6. The fraction of sp³-hybridized carbons (Fsp3) is 0.423. The van der Waals surface area contributed by atoms with Crippen molar-refractivity contribution < 1.29 is 14.3 Å². The maximum Gasteiger partial charge on any atom is 0.293 e. The Morgan fingerprint density at radius 1 is 1.22 bits per heavy atom. The molecule has 10 nitrogen and oxygen atoms in total. The van der Waals surface area contributed by atoms with Crippen LogP contribution in [0.15, 0.2) is 35.3 Å². The zero-order valence-corrected chi connectivity index (χ0v) is 22.2. The predicted octanol–water partition coefficient (Wildman–Crippen LogP) is 3.39. The second-order valence-electron chi connectivity index (χ2n) is 9.31. The molecule has 0 radical (unpaired) electrons. The maximum absolute atomic E-state index is 12.6. The standard InChI is InChI=1S/C26H31ClN6O4/c1-5-19(34)15-37-22-13-17-12-18(6-7-21(17)32(4)25(22)36)29-23-20(27)14-28-26(30-23)33-10-8-16(9-11-33)24(35)31(2)3/h6-7,12-14,16H,5,8-11,15H2,1-4H3,(H,28,29,30). The number of fused-ring (bicyclic) bond motifs is 1. The summed E-state index contributed by atoms with van der Waals surface area (Å²) in [6.45, 7) is 2.96. The van der Waals surface area contributed by atoms with Crippen molar-refractivity contribution in [2.24, 2.45) is 13.0 Å². The molecule has 4 rings (SSSR count). The van der Waals surface area contributed by atoms with Crippen LogP contribution in [0.4, 0.5) is 17.5 Å². The van der Waals surface area contributed by atoms with Gasteiger partial charge in [-0.05, 0) is 37.1 Å². The quantitative estimate of drug-likeness (QED) is 0.475. The summed E-state index contributed by atoms with van der Waals surface area (Å²) in [4.78, 5) is 49.3. The van der Waals surface area contributed by atoms with Crippen LogP contribution in [-0.2, 0) is 16.6 Å².